The second kappa shape index (κ2) is 9.12. The maximum Gasteiger partial charge on any atom is 0.241 e. The molecule has 1 saturated heterocycles. The molecule has 2 amide bonds. The summed E-state index contributed by atoms with van der Waals surface area (Å²) in [5, 5.41) is 6.65. The molecule has 0 saturated carbocycles. The Morgan fingerprint density at radius 1 is 1.00 bits per heavy atom. The van der Waals surface area contributed by atoms with Gasteiger partial charge in [-0.15, -0.1) is 0 Å². The Hall–Kier alpha value is -2.48. The number of anilines is 2. The lowest BCUT2D eigenvalue weighted by atomic mass is 10.2. The maximum absolute atomic E-state index is 12.7. The minimum atomic E-state index is -0.291. The highest BCUT2D eigenvalue weighted by Crippen LogP contribution is 2.34. The SMILES string of the molecule is O=C(CCN1CCCC1C(=O)Nc1cc(Cl)cc(Cl)c1)Nc1ccc2c(c1)OCO2. The van der Waals surface area contributed by atoms with Gasteiger partial charge in [0, 0.05) is 40.5 Å². The number of carbonyl (C=O) groups excluding carboxylic acids is 2. The van der Waals surface area contributed by atoms with Crippen LogP contribution >= 0.6 is 23.2 Å². The van der Waals surface area contributed by atoms with E-state index in [0.29, 0.717) is 39.5 Å². The number of amides is 2. The Balaban J connectivity index is 1.30. The van der Waals surface area contributed by atoms with E-state index in [9.17, 15) is 9.59 Å². The van der Waals surface area contributed by atoms with Gasteiger partial charge in [-0.05, 0) is 49.7 Å². The Morgan fingerprint density at radius 2 is 1.77 bits per heavy atom. The summed E-state index contributed by atoms with van der Waals surface area (Å²) in [6, 6.07) is 9.91. The van der Waals surface area contributed by atoms with E-state index in [1.54, 1.807) is 36.4 Å². The number of ether oxygens (including phenoxy) is 2. The van der Waals surface area contributed by atoms with Crippen LogP contribution in [0.3, 0.4) is 0 Å². The average Bonchev–Trinajstić information content (AvgIpc) is 3.34. The molecule has 2 aromatic carbocycles. The zero-order chi connectivity index (χ0) is 21.1. The summed E-state index contributed by atoms with van der Waals surface area (Å²) in [6.45, 7) is 1.45. The van der Waals surface area contributed by atoms with Gasteiger partial charge in [-0.3, -0.25) is 14.5 Å². The van der Waals surface area contributed by atoms with E-state index in [-0.39, 0.29) is 31.1 Å². The van der Waals surface area contributed by atoms with Gasteiger partial charge in [0.2, 0.25) is 18.6 Å². The number of hydrogen-bond acceptors (Lipinski definition) is 5. The van der Waals surface area contributed by atoms with Gasteiger partial charge in [-0.2, -0.15) is 0 Å². The lowest BCUT2D eigenvalue weighted by Gasteiger charge is -2.23. The van der Waals surface area contributed by atoms with Gasteiger partial charge in [-0.1, -0.05) is 23.2 Å². The number of nitrogens with one attached hydrogen (secondary N) is 2. The first-order valence-corrected chi connectivity index (χ1v) is 10.4. The summed E-state index contributed by atoms with van der Waals surface area (Å²) in [6.07, 6.45) is 1.92. The Bertz CT molecular complexity index is 949. The van der Waals surface area contributed by atoms with Crippen molar-refractivity contribution >= 4 is 46.4 Å². The molecule has 2 aromatic rings. The van der Waals surface area contributed by atoms with Crippen molar-refractivity contribution in [2.24, 2.45) is 0 Å². The number of hydrogen-bond donors (Lipinski definition) is 2. The van der Waals surface area contributed by atoms with Gasteiger partial charge in [0.25, 0.3) is 0 Å². The Morgan fingerprint density at radius 3 is 2.57 bits per heavy atom. The van der Waals surface area contributed by atoms with Crippen molar-refractivity contribution in [3.63, 3.8) is 0 Å². The second-order valence-electron chi connectivity index (χ2n) is 7.21. The highest BCUT2D eigenvalue weighted by Gasteiger charge is 2.31. The monoisotopic (exact) mass is 449 g/mol. The number of rotatable bonds is 6. The van der Waals surface area contributed by atoms with Crippen LogP contribution < -0.4 is 20.1 Å². The van der Waals surface area contributed by atoms with Crippen LogP contribution in [0.1, 0.15) is 19.3 Å². The number of halogens is 2. The van der Waals surface area contributed by atoms with Crippen molar-refractivity contribution in [3.8, 4) is 11.5 Å². The lowest BCUT2D eigenvalue weighted by Crippen LogP contribution is -2.40. The quantitative estimate of drug-likeness (QED) is 0.691. The van der Waals surface area contributed by atoms with Gasteiger partial charge >= 0.3 is 0 Å². The van der Waals surface area contributed by atoms with E-state index in [1.165, 1.54) is 0 Å². The fourth-order valence-electron chi connectivity index (χ4n) is 3.69. The number of fused-ring (bicyclic) bond motifs is 1. The topological polar surface area (TPSA) is 79.9 Å². The van der Waals surface area contributed by atoms with Gasteiger partial charge < -0.3 is 20.1 Å². The van der Waals surface area contributed by atoms with Gasteiger partial charge in [0.15, 0.2) is 11.5 Å². The third kappa shape index (κ3) is 4.98. The third-order valence-electron chi connectivity index (χ3n) is 5.08. The van der Waals surface area contributed by atoms with E-state index in [1.807, 2.05) is 4.90 Å². The van der Waals surface area contributed by atoms with E-state index in [4.69, 9.17) is 32.7 Å². The molecule has 2 aliphatic heterocycles. The first kappa shape index (κ1) is 20.8. The molecular formula is C21H21Cl2N3O4. The highest BCUT2D eigenvalue weighted by molar-refractivity contribution is 6.35. The summed E-state index contributed by atoms with van der Waals surface area (Å²) in [5.74, 6) is 1.04. The molecule has 1 atom stereocenters. The van der Waals surface area contributed by atoms with Gasteiger partial charge in [0.1, 0.15) is 0 Å². The molecule has 0 aromatic heterocycles. The smallest absolute Gasteiger partial charge is 0.241 e. The lowest BCUT2D eigenvalue weighted by molar-refractivity contribution is -0.121. The largest absolute Gasteiger partial charge is 0.454 e. The molecule has 2 aliphatic rings. The van der Waals surface area contributed by atoms with Crippen molar-refractivity contribution in [1.29, 1.82) is 0 Å². The van der Waals surface area contributed by atoms with E-state index < -0.39 is 0 Å². The molecule has 158 valence electrons. The number of nitrogens with zero attached hydrogens (tertiary/aromatic N) is 1. The fraction of sp³-hybridized carbons (Fsp3) is 0.333. The molecule has 2 heterocycles. The van der Waals surface area contributed by atoms with Crippen LogP contribution in [-0.2, 0) is 9.59 Å². The summed E-state index contributed by atoms with van der Waals surface area (Å²) >= 11 is 12.0. The van der Waals surface area contributed by atoms with Gasteiger partial charge in [-0.25, -0.2) is 0 Å². The Kier molecular flexibility index (Phi) is 6.32. The predicted octanol–water partition coefficient (Wildman–Crippen LogP) is 4.15. The van der Waals surface area contributed by atoms with Crippen LogP contribution in [0.2, 0.25) is 10.0 Å². The summed E-state index contributed by atoms with van der Waals surface area (Å²) < 4.78 is 10.6. The molecule has 0 radical (unpaired) electrons. The fourth-order valence-corrected chi connectivity index (χ4v) is 4.21. The van der Waals surface area contributed by atoms with E-state index >= 15 is 0 Å². The zero-order valence-electron chi connectivity index (χ0n) is 16.1. The predicted molar refractivity (Wildman–Crippen MR) is 115 cm³/mol. The van der Waals surface area contributed by atoms with Crippen LogP contribution in [0.15, 0.2) is 36.4 Å². The van der Waals surface area contributed by atoms with Crippen molar-refractivity contribution in [2.45, 2.75) is 25.3 Å². The molecule has 2 N–H and O–H groups in total. The molecule has 1 unspecified atom stereocenters. The Labute approximate surface area is 184 Å². The minimum absolute atomic E-state index is 0.123. The molecule has 0 aliphatic carbocycles. The van der Waals surface area contributed by atoms with Crippen LogP contribution in [0.5, 0.6) is 11.5 Å². The van der Waals surface area contributed by atoms with Crippen LogP contribution in [0, 0.1) is 0 Å². The average molecular weight is 450 g/mol. The number of benzene rings is 2. The molecule has 7 nitrogen and oxygen atoms in total. The minimum Gasteiger partial charge on any atom is -0.454 e. The molecule has 9 heteroatoms. The number of likely N-dealkylation sites (tertiary alicyclic amines) is 1. The number of carbonyl (C=O) groups is 2. The van der Waals surface area contributed by atoms with Gasteiger partial charge in [0.05, 0.1) is 6.04 Å². The van der Waals surface area contributed by atoms with Crippen molar-refractivity contribution in [3.05, 3.63) is 46.4 Å². The van der Waals surface area contributed by atoms with Crippen molar-refractivity contribution in [1.82, 2.24) is 4.90 Å². The highest BCUT2D eigenvalue weighted by atomic mass is 35.5. The molecule has 1 fully saturated rings. The standard InChI is InChI=1S/C21H21Cl2N3O4/c22-13-8-14(23)10-16(9-13)25-21(28)17-2-1-6-26(17)7-5-20(27)24-15-3-4-18-19(11-15)30-12-29-18/h3-4,8-11,17H,1-2,5-7,12H2,(H,24,27)(H,25,28). The third-order valence-corrected chi connectivity index (χ3v) is 5.52. The molecule has 30 heavy (non-hydrogen) atoms. The van der Waals surface area contributed by atoms with Crippen molar-refractivity contribution in [2.75, 3.05) is 30.5 Å². The molecule has 4 rings (SSSR count). The summed E-state index contributed by atoms with van der Waals surface area (Å²) in [5.41, 5.74) is 1.21. The van der Waals surface area contributed by atoms with Crippen LogP contribution in [0.4, 0.5) is 11.4 Å². The molecule has 0 spiro atoms. The van der Waals surface area contributed by atoms with Crippen molar-refractivity contribution < 1.29 is 19.1 Å². The first-order valence-electron chi connectivity index (χ1n) is 9.68. The van der Waals surface area contributed by atoms with E-state index in [2.05, 4.69) is 10.6 Å². The zero-order valence-corrected chi connectivity index (χ0v) is 17.6. The summed E-state index contributed by atoms with van der Waals surface area (Å²) in [7, 11) is 0. The maximum atomic E-state index is 12.7. The van der Waals surface area contributed by atoms with Crippen LogP contribution in [0.25, 0.3) is 0 Å². The molecule has 0 bridgehead atoms. The van der Waals surface area contributed by atoms with E-state index in [0.717, 1.165) is 19.4 Å². The molecular weight excluding hydrogens is 429 g/mol. The second-order valence-corrected chi connectivity index (χ2v) is 8.08. The normalized spacial score (nSPS) is 17.7. The summed E-state index contributed by atoms with van der Waals surface area (Å²) in [4.78, 5) is 27.1. The first-order chi connectivity index (χ1) is 14.5. The van der Waals surface area contributed by atoms with Crippen LogP contribution in [-0.4, -0.2) is 42.6 Å².